The Morgan fingerprint density at radius 3 is 1.31 bits per heavy atom. The molecule has 0 aromatic carbocycles. The van der Waals surface area contributed by atoms with Crippen LogP contribution >= 0.6 is 0 Å². The minimum Gasteiger partial charge on any atom is -0.295 e. The van der Waals surface area contributed by atoms with Crippen LogP contribution in [0.1, 0.15) is 81.1 Å². The Morgan fingerprint density at radius 2 is 1.03 bits per heavy atom. The molecule has 4 saturated carbocycles. The molecule has 0 amide bonds. The molecule has 0 radical (unpaired) electrons. The second kappa shape index (κ2) is 7.16. The van der Waals surface area contributed by atoms with Crippen molar-refractivity contribution in [3.05, 3.63) is 23.3 Å². The smallest absolute Gasteiger partial charge is 0.159 e. The van der Waals surface area contributed by atoms with Crippen LogP contribution in [0.2, 0.25) is 0 Å². The van der Waals surface area contributed by atoms with Gasteiger partial charge in [-0.2, -0.15) is 0 Å². The van der Waals surface area contributed by atoms with Crippen molar-refractivity contribution in [1.29, 1.82) is 0 Å². The minimum absolute atomic E-state index is 0.325. The topological polar surface area (TPSA) is 34.1 Å². The molecule has 4 fully saturated rings. The predicted molar refractivity (Wildman–Crippen MR) is 130 cm³/mol. The van der Waals surface area contributed by atoms with Crippen molar-refractivity contribution in [3.63, 3.8) is 0 Å². The number of carbonyl (C=O) groups excluding carboxylic acids is 2. The zero-order chi connectivity index (χ0) is 23.3. The average molecular weight is 437 g/mol. The molecule has 10 atom stereocenters. The molecule has 8 unspecified atom stereocenters. The van der Waals surface area contributed by atoms with E-state index in [1.807, 2.05) is 12.2 Å². The van der Waals surface area contributed by atoms with Gasteiger partial charge in [-0.1, -0.05) is 52.7 Å². The molecule has 8 aliphatic carbocycles. The zero-order valence-electron chi connectivity index (χ0n) is 21.6. The van der Waals surface area contributed by atoms with Crippen LogP contribution in [0.25, 0.3) is 0 Å². The van der Waals surface area contributed by atoms with Gasteiger partial charge in [0.05, 0.1) is 0 Å². The van der Waals surface area contributed by atoms with E-state index >= 15 is 0 Å². The molecule has 32 heavy (non-hydrogen) atoms. The number of allylic oxidation sites excluding steroid dienone is 4. The van der Waals surface area contributed by atoms with Crippen LogP contribution < -0.4 is 0 Å². The molecule has 0 spiro atoms. The van der Waals surface area contributed by atoms with Gasteiger partial charge in [0.1, 0.15) is 0 Å². The SMILES string of the molecule is CC1=CC(=O)C2C3C1C2(C)CC[C@@H]3C(C)C.CC1=CC(=O)C2C3C1C2(C)CC[C@H]3C(C)C. The van der Waals surface area contributed by atoms with Gasteiger partial charge in [0.15, 0.2) is 11.6 Å². The van der Waals surface area contributed by atoms with Crippen molar-refractivity contribution in [3.8, 4) is 0 Å². The zero-order valence-corrected chi connectivity index (χ0v) is 21.6. The lowest BCUT2D eigenvalue weighted by molar-refractivity contribution is -0.187. The number of rotatable bonds is 2. The van der Waals surface area contributed by atoms with E-state index < -0.39 is 0 Å². The summed E-state index contributed by atoms with van der Waals surface area (Å²) in [6.07, 6.45) is 9.06. The van der Waals surface area contributed by atoms with E-state index in [1.54, 1.807) is 0 Å². The maximum atomic E-state index is 12.2. The van der Waals surface area contributed by atoms with Gasteiger partial charge in [-0.25, -0.2) is 0 Å². The standard InChI is InChI=1S/2C15H22O/c2*1-8(2)10-5-6-15(4)13-9(3)7-11(16)14(15)12(10)13/h2*7-8,10,12-14H,5-6H2,1-4H3/t2*10-,12?,13?,14?,15?/m10/s1. The number of ketones is 2. The van der Waals surface area contributed by atoms with E-state index in [2.05, 4.69) is 55.4 Å². The van der Waals surface area contributed by atoms with Crippen molar-refractivity contribution in [2.75, 3.05) is 0 Å². The fraction of sp³-hybridized carbons (Fsp3) is 0.800. The average Bonchev–Trinajstić information content (AvgIpc) is 2.66. The monoisotopic (exact) mass is 436 g/mol. The highest BCUT2D eigenvalue weighted by Crippen LogP contribution is 2.72. The second-order valence-corrected chi connectivity index (χ2v) is 13.6. The first-order chi connectivity index (χ1) is 14.9. The van der Waals surface area contributed by atoms with Crippen LogP contribution in [-0.2, 0) is 9.59 Å². The Labute approximate surface area is 195 Å². The third-order valence-electron chi connectivity index (χ3n) is 11.4. The number of carbonyl (C=O) groups is 2. The third kappa shape index (κ3) is 2.70. The van der Waals surface area contributed by atoms with E-state index in [4.69, 9.17) is 0 Å². The van der Waals surface area contributed by atoms with E-state index in [1.165, 1.54) is 36.8 Å². The van der Waals surface area contributed by atoms with Crippen molar-refractivity contribution in [2.45, 2.75) is 81.1 Å². The summed E-state index contributed by atoms with van der Waals surface area (Å²) in [5.41, 5.74) is 3.38. The summed E-state index contributed by atoms with van der Waals surface area (Å²) >= 11 is 0. The Hall–Kier alpha value is -1.18. The van der Waals surface area contributed by atoms with Crippen LogP contribution in [0.3, 0.4) is 0 Å². The van der Waals surface area contributed by atoms with E-state index in [0.717, 1.165) is 35.5 Å². The summed E-state index contributed by atoms with van der Waals surface area (Å²) in [6, 6.07) is 0. The Bertz CT molecular complexity index is 832. The second-order valence-electron chi connectivity index (χ2n) is 13.6. The fourth-order valence-electron chi connectivity index (χ4n) is 10.3. The minimum atomic E-state index is 0.325. The van der Waals surface area contributed by atoms with Crippen LogP contribution in [0.15, 0.2) is 23.3 Å². The van der Waals surface area contributed by atoms with Gasteiger partial charge >= 0.3 is 0 Å². The summed E-state index contributed by atoms with van der Waals surface area (Å²) in [5, 5.41) is 0. The molecule has 8 rings (SSSR count). The summed E-state index contributed by atoms with van der Waals surface area (Å²) in [6.45, 7) is 18.3. The molecule has 0 N–H and O–H groups in total. The van der Waals surface area contributed by atoms with Crippen molar-refractivity contribution in [2.24, 2.45) is 70.0 Å². The first-order valence-electron chi connectivity index (χ1n) is 13.4. The molecule has 0 aliphatic heterocycles. The molecule has 176 valence electrons. The van der Waals surface area contributed by atoms with Crippen LogP contribution in [-0.4, -0.2) is 11.6 Å². The molecule has 0 saturated heterocycles. The molecule has 2 nitrogen and oxygen atoms in total. The van der Waals surface area contributed by atoms with Gasteiger partial charge in [-0.3, -0.25) is 9.59 Å². The van der Waals surface area contributed by atoms with E-state index in [-0.39, 0.29) is 0 Å². The van der Waals surface area contributed by atoms with Crippen LogP contribution in [0.4, 0.5) is 0 Å². The lowest BCUT2D eigenvalue weighted by Gasteiger charge is -2.69. The van der Waals surface area contributed by atoms with Gasteiger partial charge in [-0.05, 0) is 110 Å². The Morgan fingerprint density at radius 1 is 0.688 bits per heavy atom. The predicted octanol–water partition coefficient (Wildman–Crippen LogP) is 6.90. The summed E-state index contributed by atoms with van der Waals surface area (Å²) in [7, 11) is 0. The number of hydrogen-bond acceptors (Lipinski definition) is 2. The molecular formula is C30H44O2. The molecule has 0 heterocycles. The van der Waals surface area contributed by atoms with Crippen LogP contribution in [0, 0.1) is 70.0 Å². The number of hydrogen-bond donors (Lipinski definition) is 0. The van der Waals surface area contributed by atoms with Crippen molar-refractivity contribution in [1.82, 2.24) is 0 Å². The van der Waals surface area contributed by atoms with Crippen molar-refractivity contribution < 1.29 is 9.59 Å². The van der Waals surface area contributed by atoms with Crippen molar-refractivity contribution >= 4 is 11.6 Å². The highest BCUT2D eigenvalue weighted by atomic mass is 16.1. The Kier molecular flexibility index (Phi) is 5.06. The summed E-state index contributed by atoms with van der Waals surface area (Å²) in [4.78, 5) is 24.3. The molecule has 8 bridgehead atoms. The first-order valence-corrected chi connectivity index (χ1v) is 13.4. The lowest BCUT2D eigenvalue weighted by Crippen LogP contribution is -2.66. The molecular weight excluding hydrogens is 392 g/mol. The maximum Gasteiger partial charge on any atom is 0.159 e. The Balaban J connectivity index is 0.000000135. The maximum absolute atomic E-state index is 12.2. The van der Waals surface area contributed by atoms with Crippen LogP contribution in [0.5, 0.6) is 0 Å². The third-order valence-corrected chi connectivity index (χ3v) is 11.4. The number of fused-ring (bicyclic) bond motifs is 2. The van der Waals surface area contributed by atoms with Gasteiger partial charge in [0, 0.05) is 11.8 Å². The summed E-state index contributed by atoms with van der Waals surface area (Å²) < 4.78 is 0. The molecule has 2 heteroatoms. The molecule has 0 aromatic heterocycles. The van der Waals surface area contributed by atoms with Gasteiger partial charge in [0.25, 0.3) is 0 Å². The highest BCUT2D eigenvalue weighted by Gasteiger charge is 2.69. The normalized spacial score (nSPS) is 50.1. The van der Waals surface area contributed by atoms with E-state index in [9.17, 15) is 9.59 Å². The van der Waals surface area contributed by atoms with E-state index in [0.29, 0.717) is 46.1 Å². The fourth-order valence-corrected chi connectivity index (χ4v) is 10.3. The summed E-state index contributed by atoms with van der Waals surface area (Å²) in [5.74, 6) is 7.41. The quantitative estimate of drug-likeness (QED) is 0.472. The molecule has 8 aliphatic rings. The van der Waals surface area contributed by atoms with Gasteiger partial charge in [-0.15, -0.1) is 0 Å². The van der Waals surface area contributed by atoms with Gasteiger partial charge < -0.3 is 0 Å². The van der Waals surface area contributed by atoms with Gasteiger partial charge in [0.2, 0.25) is 0 Å². The molecule has 0 aromatic rings. The first kappa shape index (κ1) is 22.6. The highest BCUT2D eigenvalue weighted by molar-refractivity contribution is 5.97. The largest absolute Gasteiger partial charge is 0.295 e. The lowest BCUT2D eigenvalue weighted by atomic mass is 9.34.